The molecule has 24 heavy (non-hydrogen) atoms. The Morgan fingerprint density at radius 3 is 1.88 bits per heavy atom. The predicted octanol–water partition coefficient (Wildman–Crippen LogP) is 6.48. The van der Waals surface area contributed by atoms with Crippen LogP contribution in [0.3, 0.4) is 0 Å². The standard InChI is InChI=1S/C22H41NO/c1-23-21(19-18-20-14-10-9-11-15-20)16-12-7-5-3-2-4-6-8-13-17-22(23)24/h20-21H,2-19H2,1H3. The second kappa shape index (κ2) is 11.9. The largest absolute Gasteiger partial charge is 0.343 e. The number of nitrogens with zero attached hydrogens (tertiary/aromatic N) is 1. The highest BCUT2D eigenvalue weighted by molar-refractivity contribution is 5.76. The van der Waals surface area contributed by atoms with Gasteiger partial charge in [-0.3, -0.25) is 4.79 Å². The van der Waals surface area contributed by atoms with E-state index < -0.39 is 0 Å². The molecule has 0 N–H and O–H groups in total. The van der Waals surface area contributed by atoms with Crippen molar-refractivity contribution in [3.63, 3.8) is 0 Å². The zero-order valence-corrected chi connectivity index (χ0v) is 16.2. The number of hydrogen-bond donors (Lipinski definition) is 0. The zero-order valence-electron chi connectivity index (χ0n) is 16.2. The molecule has 1 aliphatic carbocycles. The van der Waals surface area contributed by atoms with Gasteiger partial charge in [-0.15, -0.1) is 0 Å². The van der Waals surface area contributed by atoms with Gasteiger partial charge in [0.15, 0.2) is 0 Å². The van der Waals surface area contributed by atoms with Crippen molar-refractivity contribution < 1.29 is 4.79 Å². The summed E-state index contributed by atoms with van der Waals surface area (Å²) in [6, 6.07) is 0.502. The minimum atomic E-state index is 0.403. The highest BCUT2D eigenvalue weighted by Crippen LogP contribution is 2.29. The first-order valence-corrected chi connectivity index (χ1v) is 11.0. The van der Waals surface area contributed by atoms with Gasteiger partial charge in [0.2, 0.25) is 5.91 Å². The van der Waals surface area contributed by atoms with Crippen molar-refractivity contribution in [2.24, 2.45) is 5.92 Å². The molecule has 2 heteroatoms. The average molecular weight is 336 g/mol. The van der Waals surface area contributed by atoms with Gasteiger partial charge in [-0.2, -0.15) is 0 Å². The highest BCUT2D eigenvalue weighted by atomic mass is 16.2. The summed E-state index contributed by atoms with van der Waals surface area (Å²) in [5.74, 6) is 1.34. The first-order valence-electron chi connectivity index (χ1n) is 11.0. The number of hydrogen-bond acceptors (Lipinski definition) is 1. The van der Waals surface area contributed by atoms with E-state index in [-0.39, 0.29) is 0 Å². The van der Waals surface area contributed by atoms with Gasteiger partial charge in [-0.25, -0.2) is 0 Å². The lowest BCUT2D eigenvalue weighted by Crippen LogP contribution is -2.37. The molecule has 1 heterocycles. The Kier molecular flexibility index (Phi) is 9.83. The molecule has 0 bridgehead atoms. The van der Waals surface area contributed by atoms with Gasteiger partial charge in [0.05, 0.1) is 0 Å². The van der Waals surface area contributed by atoms with Gasteiger partial charge in [0.25, 0.3) is 0 Å². The van der Waals surface area contributed by atoms with Crippen LogP contribution in [0.15, 0.2) is 0 Å². The van der Waals surface area contributed by atoms with E-state index in [0.29, 0.717) is 11.9 Å². The molecular formula is C22H41NO. The van der Waals surface area contributed by atoms with E-state index in [2.05, 4.69) is 11.9 Å². The second-order valence-electron chi connectivity index (χ2n) is 8.46. The summed E-state index contributed by atoms with van der Waals surface area (Å²) in [5, 5.41) is 0. The number of amides is 1. The Bertz CT molecular complexity index is 335. The number of carbonyl (C=O) groups is 1. The van der Waals surface area contributed by atoms with Crippen LogP contribution >= 0.6 is 0 Å². The van der Waals surface area contributed by atoms with E-state index in [1.807, 2.05) is 0 Å². The third-order valence-corrected chi connectivity index (χ3v) is 6.50. The molecule has 1 saturated carbocycles. The smallest absolute Gasteiger partial charge is 0.222 e. The van der Waals surface area contributed by atoms with Crippen molar-refractivity contribution >= 4 is 5.91 Å². The topological polar surface area (TPSA) is 20.3 Å². The molecule has 0 aromatic heterocycles. The molecule has 1 aliphatic heterocycles. The average Bonchev–Trinajstić information content (AvgIpc) is 2.61. The van der Waals surface area contributed by atoms with Gasteiger partial charge in [0, 0.05) is 19.5 Å². The second-order valence-corrected chi connectivity index (χ2v) is 8.46. The maximum absolute atomic E-state index is 12.6. The van der Waals surface area contributed by atoms with E-state index in [9.17, 15) is 4.79 Å². The summed E-state index contributed by atoms with van der Waals surface area (Å²) in [4.78, 5) is 14.7. The Hall–Kier alpha value is -0.530. The Morgan fingerprint density at radius 1 is 0.708 bits per heavy atom. The molecule has 1 atom stereocenters. The molecule has 1 saturated heterocycles. The summed E-state index contributed by atoms with van der Waals surface area (Å²) < 4.78 is 0. The van der Waals surface area contributed by atoms with Crippen molar-refractivity contribution in [2.75, 3.05) is 7.05 Å². The molecule has 2 fully saturated rings. The van der Waals surface area contributed by atoms with Crippen molar-refractivity contribution in [3.8, 4) is 0 Å². The van der Waals surface area contributed by atoms with Gasteiger partial charge < -0.3 is 4.90 Å². The predicted molar refractivity (Wildman–Crippen MR) is 103 cm³/mol. The van der Waals surface area contributed by atoms with Crippen molar-refractivity contribution in [3.05, 3.63) is 0 Å². The fourth-order valence-electron chi connectivity index (χ4n) is 4.71. The summed E-state index contributed by atoms with van der Waals surface area (Å²) in [5.41, 5.74) is 0. The lowest BCUT2D eigenvalue weighted by atomic mass is 9.84. The molecule has 1 unspecified atom stereocenters. The van der Waals surface area contributed by atoms with Crippen LogP contribution in [0.25, 0.3) is 0 Å². The number of rotatable bonds is 3. The summed E-state index contributed by atoms with van der Waals surface area (Å²) in [7, 11) is 2.08. The Labute approximate surface area is 150 Å². The zero-order chi connectivity index (χ0) is 17.0. The molecule has 0 spiro atoms. The SMILES string of the molecule is CN1C(=O)CCCCCCCCCCCC1CCC1CCCCC1. The van der Waals surface area contributed by atoms with Gasteiger partial charge in [0.1, 0.15) is 0 Å². The fraction of sp³-hybridized carbons (Fsp3) is 0.955. The molecule has 2 nitrogen and oxygen atoms in total. The van der Waals surface area contributed by atoms with Crippen LogP contribution in [0.5, 0.6) is 0 Å². The van der Waals surface area contributed by atoms with Crippen molar-refractivity contribution in [1.29, 1.82) is 0 Å². The maximum Gasteiger partial charge on any atom is 0.222 e. The van der Waals surface area contributed by atoms with E-state index in [4.69, 9.17) is 0 Å². The summed E-state index contributed by atoms with van der Waals surface area (Å²) in [6.45, 7) is 0. The van der Waals surface area contributed by atoms with Crippen LogP contribution in [-0.2, 0) is 4.79 Å². The molecular weight excluding hydrogens is 294 g/mol. The van der Waals surface area contributed by atoms with Gasteiger partial charge >= 0.3 is 0 Å². The minimum Gasteiger partial charge on any atom is -0.343 e. The molecule has 1 amide bonds. The van der Waals surface area contributed by atoms with Crippen LogP contribution in [0.2, 0.25) is 0 Å². The quantitative estimate of drug-likeness (QED) is 0.578. The highest BCUT2D eigenvalue weighted by Gasteiger charge is 2.22. The van der Waals surface area contributed by atoms with Crippen molar-refractivity contribution in [2.45, 2.75) is 122 Å². The molecule has 140 valence electrons. The fourth-order valence-corrected chi connectivity index (χ4v) is 4.71. The molecule has 0 aromatic rings. The van der Waals surface area contributed by atoms with Gasteiger partial charge in [-0.05, 0) is 31.6 Å². The first-order chi connectivity index (χ1) is 11.8. The summed E-state index contributed by atoms with van der Waals surface area (Å²) in [6.07, 6.45) is 23.7. The monoisotopic (exact) mass is 335 g/mol. The molecule has 0 aromatic carbocycles. The van der Waals surface area contributed by atoms with Crippen LogP contribution < -0.4 is 0 Å². The van der Waals surface area contributed by atoms with E-state index in [0.717, 1.165) is 18.8 Å². The lowest BCUT2D eigenvalue weighted by molar-refractivity contribution is -0.132. The van der Waals surface area contributed by atoms with E-state index in [1.54, 1.807) is 0 Å². The molecule has 2 rings (SSSR count). The third kappa shape index (κ3) is 7.57. The minimum absolute atomic E-state index is 0.403. The molecule has 0 radical (unpaired) electrons. The van der Waals surface area contributed by atoms with E-state index >= 15 is 0 Å². The Morgan fingerprint density at radius 2 is 1.21 bits per heavy atom. The lowest BCUT2D eigenvalue weighted by Gasteiger charge is -2.31. The van der Waals surface area contributed by atoms with Crippen LogP contribution in [0, 0.1) is 5.92 Å². The van der Waals surface area contributed by atoms with Crippen LogP contribution in [0.4, 0.5) is 0 Å². The molecule has 2 aliphatic rings. The maximum atomic E-state index is 12.6. The van der Waals surface area contributed by atoms with Crippen LogP contribution in [-0.4, -0.2) is 23.9 Å². The Balaban J connectivity index is 1.82. The third-order valence-electron chi connectivity index (χ3n) is 6.50. The normalized spacial score (nSPS) is 27.0. The van der Waals surface area contributed by atoms with Crippen molar-refractivity contribution in [1.82, 2.24) is 4.90 Å². The summed E-state index contributed by atoms with van der Waals surface area (Å²) >= 11 is 0. The first kappa shape index (κ1) is 19.8. The van der Waals surface area contributed by atoms with Crippen LogP contribution in [0.1, 0.15) is 116 Å². The number of carbonyl (C=O) groups excluding carboxylic acids is 1. The van der Waals surface area contributed by atoms with E-state index in [1.165, 1.54) is 103 Å². The van der Waals surface area contributed by atoms with Gasteiger partial charge in [-0.1, -0.05) is 83.5 Å².